The van der Waals surface area contributed by atoms with Gasteiger partial charge in [-0.25, -0.2) is 13.1 Å². The van der Waals surface area contributed by atoms with Crippen molar-refractivity contribution < 1.29 is 22.7 Å². The Morgan fingerprint density at radius 1 is 1.09 bits per heavy atom. The van der Waals surface area contributed by atoms with Crippen LogP contribution in [-0.2, 0) is 27.6 Å². The molecule has 8 nitrogen and oxygen atoms in total. The van der Waals surface area contributed by atoms with Crippen LogP contribution in [0.25, 0.3) is 0 Å². The molecule has 2 aliphatic rings. The third kappa shape index (κ3) is 5.92. The van der Waals surface area contributed by atoms with E-state index in [4.69, 9.17) is 9.47 Å². The summed E-state index contributed by atoms with van der Waals surface area (Å²) in [6, 6.07) is 10.4. The summed E-state index contributed by atoms with van der Waals surface area (Å²) in [5.41, 5.74) is 3.55. The van der Waals surface area contributed by atoms with Gasteiger partial charge in [0.25, 0.3) is 5.91 Å². The zero-order valence-electron chi connectivity index (χ0n) is 18.9. The minimum Gasteiger partial charge on any atom is -0.495 e. The molecule has 0 atom stereocenters. The van der Waals surface area contributed by atoms with Gasteiger partial charge in [0.05, 0.1) is 20.3 Å². The second-order valence-corrected chi connectivity index (χ2v) is 10.1. The maximum Gasteiger partial charge on any atom is 0.255 e. The van der Waals surface area contributed by atoms with Crippen molar-refractivity contribution in [3.63, 3.8) is 0 Å². The summed E-state index contributed by atoms with van der Waals surface area (Å²) >= 11 is 0. The van der Waals surface area contributed by atoms with Gasteiger partial charge < -0.3 is 14.8 Å². The second-order valence-electron chi connectivity index (χ2n) is 8.36. The summed E-state index contributed by atoms with van der Waals surface area (Å²) in [7, 11) is -2.43. The van der Waals surface area contributed by atoms with Crippen molar-refractivity contribution in [2.45, 2.75) is 30.6 Å². The summed E-state index contributed by atoms with van der Waals surface area (Å²) < 4.78 is 39.2. The molecule has 2 aromatic carbocycles. The Kier molecular flexibility index (Phi) is 7.64. The lowest BCUT2D eigenvalue weighted by molar-refractivity contribution is 0.0376. The molecule has 33 heavy (non-hydrogen) atoms. The van der Waals surface area contributed by atoms with Gasteiger partial charge in [-0.2, -0.15) is 0 Å². The van der Waals surface area contributed by atoms with Crippen LogP contribution in [0.5, 0.6) is 5.75 Å². The molecule has 1 fully saturated rings. The van der Waals surface area contributed by atoms with Gasteiger partial charge >= 0.3 is 0 Å². The number of hydrogen-bond acceptors (Lipinski definition) is 6. The predicted octanol–water partition coefficient (Wildman–Crippen LogP) is 2.44. The van der Waals surface area contributed by atoms with Gasteiger partial charge in [-0.3, -0.25) is 9.69 Å². The van der Waals surface area contributed by atoms with Gasteiger partial charge in [-0.15, -0.1) is 0 Å². The Labute approximate surface area is 195 Å². The molecule has 0 aromatic heterocycles. The smallest absolute Gasteiger partial charge is 0.255 e. The number of morpholine rings is 1. The Bertz CT molecular complexity index is 1100. The zero-order chi connectivity index (χ0) is 23.3. The number of carbonyl (C=O) groups excluding carboxylic acids is 1. The van der Waals surface area contributed by atoms with E-state index in [1.807, 2.05) is 18.2 Å². The van der Waals surface area contributed by atoms with E-state index < -0.39 is 10.0 Å². The summed E-state index contributed by atoms with van der Waals surface area (Å²) in [5.74, 6) is -0.163. The lowest BCUT2D eigenvalue weighted by atomic mass is 10.1. The van der Waals surface area contributed by atoms with Gasteiger partial charge in [0.2, 0.25) is 10.0 Å². The zero-order valence-corrected chi connectivity index (χ0v) is 19.7. The molecule has 0 bridgehead atoms. The van der Waals surface area contributed by atoms with E-state index in [-0.39, 0.29) is 22.1 Å². The second kappa shape index (κ2) is 10.6. The predicted molar refractivity (Wildman–Crippen MR) is 126 cm³/mol. The Balaban J connectivity index is 1.42. The van der Waals surface area contributed by atoms with Gasteiger partial charge in [-0.1, -0.05) is 6.07 Å². The molecule has 178 valence electrons. The largest absolute Gasteiger partial charge is 0.495 e. The van der Waals surface area contributed by atoms with Crippen LogP contribution in [0.2, 0.25) is 0 Å². The fourth-order valence-electron chi connectivity index (χ4n) is 4.29. The molecule has 4 rings (SSSR count). The molecule has 1 amide bonds. The molecule has 0 unspecified atom stereocenters. The van der Waals surface area contributed by atoms with Gasteiger partial charge in [0.15, 0.2) is 0 Å². The Morgan fingerprint density at radius 2 is 1.88 bits per heavy atom. The summed E-state index contributed by atoms with van der Waals surface area (Å²) in [4.78, 5) is 15.1. The van der Waals surface area contributed by atoms with Crippen LogP contribution >= 0.6 is 0 Å². The molecule has 1 aliphatic heterocycles. The van der Waals surface area contributed by atoms with E-state index in [0.717, 1.165) is 38.9 Å². The lowest BCUT2D eigenvalue weighted by Gasteiger charge is -2.26. The molecule has 1 saturated heterocycles. The molecule has 1 heterocycles. The third-order valence-corrected chi connectivity index (χ3v) is 7.60. The molecular formula is C24H31N3O5S. The highest BCUT2D eigenvalue weighted by Crippen LogP contribution is 2.27. The molecule has 2 N–H and O–H groups in total. The minimum atomic E-state index is -3.84. The number of ether oxygens (including phenoxy) is 2. The molecule has 1 aliphatic carbocycles. The van der Waals surface area contributed by atoms with E-state index in [2.05, 4.69) is 14.9 Å². The van der Waals surface area contributed by atoms with Crippen molar-refractivity contribution in [3.05, 3.63) is 53.1 Å². The average Bonchev–Trinajstić information content (AvgIpc) is 3.30. The van der Waals surface area contributed by atoms with Crippen molar-refractivity contribution >= 4 is 21.6 Å². The first kappa shape index (κ1) is 23.7. The normalized spacial score (nSPS) is 16.4. The summed E-state index contributed by atoms with van der Waals surface area (Å²) in [6.45, 7) is 4.25. The Morgan fingerprint density at radius 3 is 2.67 bits per heavy atom. The standard InChI is InChI=1S/C24H31N3O5S/c1-31-22-9-7-20(24(28)26-21-8-6-18-4-2-5-19(18)16-21)17-23(22)33(29,30)25-10-3-11-27-12-14-32-15-13-27/h6-9,16-17,25H,2-5,10-15H2,1H3,(H,26,28). The number of aryl methyl sites for hydroxylation is 2. The summed E-state index contributed by atoms with van der Waals surface area (Å²) in [5, 5.41) is 2.88. The van der Waals surface area contributed by atoms with Crippen molar-refractivity contribution in [1.29, 1.82) is 0 Å². The van der Waals surface area contributed by atoms with Crippen molar-refractivity contribution in [1.82, 2.24) is 9.62 Å². The van der Waals surface area contributed by atoms with Crippen molar-refractivity contribution in [3.8, 4) is 5.75 Å². The highest BCUT2D eigenvalue weighted by molar-refractivity contribution is 7.89. The van der Waals surface area contributed by atoms with Crippen LogP contribution in [0.1, 0.15) is 34.3 Å². The van der Waals surface area contributed by atoms with Crippen LogP contribution in [0.4, 0.5) is 5.69 Å². The molecule has 0 spiro atoms. The lowest BCUT2D eigenvalue weighted by Crippen LogP contribution is -2.38. The van der Waals surface area contributed by atoms with Crippen LogP contribution < -0.4 is 14.8 Å². The third-order valence-electron chi connectivity index (χ3n) is 6.12. The van der Waals surface area contributed by atoms with E-state index in [9.17, 15) is 13.2 Å². The minimum absolute atomic E-state index is 0.0435. The van der Waals surface area contributed by atoms with Gasteiger partial charge in [0, 0.05) is 30.9 Å². The molecule has 9 heteroatoms. The molecule has 0 saturated carbocycles. The fraction of sp³-hybridized carbons (Fsp3) is 0.458. The maximum absolute atomic E-state index is 13.0. The fourth-order valence-corrected chi connectivity index (χ4v) is 5.56. The highest BCUT2D eigenvalue weighted by atomic mass is 32.2. The van der Waals surface area contributed by atoms with E-state index >= 15 is 0 Å². The molecule has 0 radical (unpaired) electrons. The first-order valence-corrected chi connectivity index (χ1v) is 12.9. The van der Waals surface area contributed by atoms with E-state index in [1.165, 1.54) is 30.4 Å². The number of sulfonamides is 1. The van der Waals surface area contributed by atoms with E-state index in [0.29, 0.717) is 31.9 Å². The number of rotatable bonds is 9. The van der Waals surface area contributed by atoms with Gasteiger partial charge in [-0.05, 0) is 73.7 Å². The van der Waals surface area contributed by atoms with Crippen molar-refractivity contribution in [2.75, 3.05) is 51.8 Å². The Hall–Kier alpha value is -2.46. The number of hydrogen-bond donors (Lipinski definition) is 2. The number of fused-ring (bicyclic) bond motifs is 1. The first-order valence-electron chi connectivity index (χ1n) is 11.4. The van der Waals surface area contributed by atoms with Crippen LogP contribution in [-0.4, -0.2) is 65.7 Å². The number of nitrogens with zero attached hydrogens (tertiary/aromatic N) is 1. The maximum atomic E-state index is 13.0. The van der Waals surface area contributed by atoms with Crippen LogP contribution in [0.15, 0.2) is 41.3 Å². The topological polar surface area (TPSA) is 97.0 Å². The van der Waals surface area contributed by atoms with E-state index in [1.54, 1.807) is 6.07 Å². The number of benzene rings is 2. The van der Waals surface area contributed by atoms with Crippen molar-refractivity contribution in [2.24, 2.45) is 0 Å². The van der Waals surface area contributed by atoms with Crippen LogP contribution in [0.3, 0.4) is 0 Å². The van der Waals surface area contributed by atoms with Gasteiger partial charge in [0.1, 0.15) is 10.6 Å². The first-order chi connectivity index (χ1) is 16.0. The highest BCUT2D eigenvalue weighted by Gasteiger charge is 2.22. The average molecular weight is 474 g/mol. The van der Waals surface area contributed by atoms with Crippen LogP contribution in [0, 0.1) is 0 Å². The number of carbonyl (C=O) groups is 1. The molecule has 2 aromatic rings. The number of amides is 1. The molecular weight excluding hydrogens is 442 g/mol. The summed E-state index contributed by atoms with van der Waals surface area (Å²) in [6.07, 6.45) is 3.90. The number of nitrogens with one attached hydrogen (secondary N) is 2. The quantitative estimate of drug-likeness (QED) is 0.543. The SMILES string of the molecule is COc1ccc(C(=O)Nc2ccc3c(c2)CCC3)cc1S(=O)(=O)NCCCN1CCOCC1. The number of anilines is 1. The monoisotopic (exact) mass is 473 g/mol. The number of methoxy groups -OCH3 is 1.